The Kier molecular flexibility index (Phi) is 11.5. The number of anilines is 2. The highest BCUT2D eigenvalue weighted by Crippen LogP contribution is 2.27. The number of fused-ring (bicyclic) bond motifs is 2. The number of aromatic nitrogens is 4. The van der Waals surface area contributed by atoms with E-state index >= 15 is 0 Å². The highest BCUT2D eigenvalue weighted by atomic mass is 32.2. The Bertz CT molecular complexity index is 2180. The van der Waals surface area contributed by atoms with E-state index in [0.29, 0.717) is 46.2 Å². The number of nitrogens with zero attached hydrogens (tertiary/aromatic N) is 2. The highest BCUT2D eigenvalue weighted by Gasteiger charge is 2.18. The molecular weight excluding hydrogens is 721 g/mol. The van der Waals surface area contributed by atoms with Gasteiger partial charge >= 0.3 is 11.9 Å². The number of rotatable bonds is 16. The molecule has 0 aliphatic heterocycles. The number of thioether (sulfide) groups is 2. The zero-order chi connectivity index (χ0) is 37.5. The van der Waals surface area contributed by atoms with Crippen LogP contribution in [0.15, 0.2) is 83.1 Å². The fourth-order valence-corrected chi connectivity index (χ4v) is 6.80. The maximum absolute atomic E-state index is 12.8. The third-order valence-electron chi connectivity index (χ3n) is 7.75. The number of carboxylic acids is 2. The molecule has 2 aromatic heterocycles. The summed E-state index contributed by atoms with van der Waals surface area (Å²) in [6, 6.07) is 20.1. The van der Waals surface area contributed by atoms with E-state index < -0.39 is 23.8 Å². The first-order valence-corrected chi connectivity index (χ1v) is 18.4. The van der Waals surface area contributed by atoms with Crippen molar-refractivity contribution in [2.75, 3.05) is 35.4 Å². The number of ether oxygens (including phenoxy) is 2. The molecule has 0 fully saturated rings. The summed E-state index contributed by atoms with van der Waals surface area (Å²) in [4.78, 5) is 65.2. The van der Waals surface area contributed by atoms with Gasteiger partial charge in [-0.05, 0) is 79.9 Å². The van der Waals surface area contributed by atoms with E-state index in [1.807, 2.05) is 50.2 Å². The summed E-state index contributed by atoms with van der Waals surface area (Å²) in [7, 11) is 0. The molecule has 6 rings (SSSR count). The van der Waals surface area contributed by atoms with Gasteiger partial charge in [0.2, 0.25) is 11.8 Å². The first kappa shape index (κ1) is 36.8. The van der Waals surface area contributed by atoms with Gasteiger partial charge in [0.15, 0.2) is 10.3 Å². The number of nitrogens with one attached hydrogen (secondary N) is 4. The molecule has 0 radical (unpaired) electrons. The molecule has 2 heterocycles. The van der Waals surface area contributed by atoms with Gasteiger partial charge in [0.25, 0.3) is 0 Å². The number of hydrogen-bond acceptors (Lipinski definition) is 10. The summed E-state index contributed by atoms with van der Waals surface area (Å²) in [5.74, 6) is -1.95. The van der Waals surface area contributed by atoms with E-state index in [2.05, 4.69) is 30.6 Å². The Hall–Kier alpha value is -6.00. The van der Waals surface area contributed by atoms with Gasteiger partial charge in [0, 0.05) is 12.1 Å². The summed E-state index contributed by atoms with van der Waals surface area (Å²) in [5.41, 5.74) is 4.14. The zero-order valence-electron chi connectivity index (χ0n) is 28.5. The molecule has 0 aliphatic carbocycles. The first-order chi connectivity index (χ1) is 25.6. The van der Waals surface area contributed by atoms with Crippen molar-refractivity contribution >= 4 is 80.7 Å². The average molecular weight is 755 g/mol. The van der Waals surface area contributed by atoms with Gasteiger partial charge in [0.1, 0.15) is 11.5 Å². The van der Waals surface area contributed by atoms with Crippen LogP contribution in [0.1, 0.15) is 45.7 Å². The van der Waals surface area contributed by atoms with Crippen LogP contribution in [0.25, 0.3) is 22.1 Å². The van der Waals surface area contributed by atoms with Gasteiger partial charge in [-0.25, -0.2) is 19.6 Å². The number of H-pyrrole nitrogens is 2. The predicted octanol–water partition coefficient (Wildman–Crippen LogP) is 6.69. The number of benzene rings is 4. The predicted molar refractivity (Wildman–Crippen MR) is 203 cm³/mol. The minimum absolute atomic E-state index is 0.0197. The molecule has 0 atom stereocenters. The van der Waals surface area contributed by atoms with Crippen LogP contribution in [0.2, 0.25) is 0 Å². The van der Waals surface area contributed by atoms with E-state index in [9.17, 15) is 29.4 Å². The number of carbonyl (C=O) groups excluding carboxylic acids is 2. The minimum atomic E-state index is -1.24. The van der Waals surface area contributed by atoms with Gasteiger partial charge in [-0.2, -0.15) is 0 Å². The average Bonchev–Trinajstić information content (AvgIpc) is 3.74. The first-order valence-electron chi connectivity index (χ1n) is 16.4. The van der Waals surface area contributed by atoms with Crippen LogP contribution in [0, 0.1) is 0 Å². The van der Waals surface area contributed by atoms with Gasteiger partial charge in [-0.15, -0.1) is 0 Å². The maximum Gasteiger partial charge on any atom is 0.337 e. The molecule has 14 nitrogen and oxygen atoms in total. The number of imidazole rings is 2. The van der Waals surface area contributed by atoms with Crippen molar-refractivity contribution in [3.63, 3.8) is 0 Å². The second-order valence-electron chi connectivity index (χ2n) is 11.5. The van der Waals surface area contributed by atoms with Crippen LogP contribution in [-0.4, -0.2) is 78.6 Å². The Balaban J connectivity index is 1.06. The zero-order valence-corrected chi connectivity index (χ0v) is 30.2. The largest absolute Gasteiger partial charge is 0.494 e. The van der Waals surface area contributed by atoms with Gasteiger partial charge < -0.3 is 40.3 Å². The monoisotopic (exact) mass is 754 g/mol. The van der Waals surface area contributed by atoms with Crippen molar-refractivity contribution in [2.45, 2.75) is 30.6 Å². The Morgan fingerprint density at radius 3 is 1.47 bits per heavy atom. The molecule has 0 saturated carbocycles. The van der Waals surface area contributed by atoms with Gasteiger partial charge in [-0.3, -0.25) is 9.59 Å². The van der Waals surface area contributed by atoms with Crippen molar-refractivity contribution < 1.29 is 38.9 Å². The van der Waals surface area contributed by atoms with Crippen LogP contribution in [0.5, 0.6) is 11.5 Å². The number of carboxylic acid groups (broad SMARTS) is 2. The van der Waals surface area contributed by atoms with E-state index in [-0.39, 0.29) is 40.4 Å². The molecule has 0 unspecified atom stereocenters. The van der Waals surface area contributed by atoms with Crippen LogP contribution < -0.4 is 20.1 Å². The Morgan fingerprint density at radius 2 is 1.08 bits per heavy atom. The van der Waals surface area contributed by atoms with E-state index in [0.717, 1.165) is 22.1 Å². The van der Waals surface area contributed by atoms with Crippen molar-refractivity contribution in [1.29, 1.82) is 0 Å². The van der Waals surface area contributed by atoms with E-state index in [4.69, 9.17) is 9.47 Å². The number of aromatic carboxylic acids is 2. The lowest BCUT2D eigenvalue weighted by atomic mass is 9.99. The van der Waals surface area contributed by atoms with Crippen molar-refractivity contribution in [3.05, 3.63) is 95.1 Å². The number of aromatic amines is 2. The lowest BCUT2D eigenvalue weighted by Gasteiger charge is -2.12. The normalized spacial score (nSPS) is 11.1. The molecule has 2 amide bonds. The number of hydrogen-bond donors (Lipinski definition) is 6. The quantitative estimate of drug-likeness (QED) is 0.0572. The van der Waals surface area contributed by atoms with Gasteiger partial charge in [0.05, 0.1) is 69.3 Å². The molecule has 4 aromatic carbocycles. The van der Waals surface area contributed by atoms with Crippen molar-refractivity contribution in [2.24, 2.45) is 0 Å². The molecule has 0 saturated heterocycles. The summed E-state index contributed by atoms with van der Waals surface area (Å²) in [6.45, 7) is 4.85. The second kappa shape index (κ2) is 16.6. The minimum Gasteiger partial charge on any atom is -0.494 e. The lowest BCUT2D eigenvalue weighted by molar-refractivity contribution is -0.114. The molecule has 6 N–H and O–H groups in total. The van der Waals surface area contributed by atoms with Crippen molar-refractivity contribution in [1.82, 2.24) is 19.9 Å². The summed E-state index contributed by atoms with van der Waals surface area (Å²) < 4.78 is 11.0. The van der Waals surface area contributed by atoms with Crippen LogP contribution >= 0.6 is 23.5 Å². The lowest BCUT2D eigenvalue weighted by Crippen LogP contribution is -2.17. The summed E-state index contributed by atoms with van der Waals surface area (Å²) >= 11 is 2.35. The third-order valence-corrected chi connectivity index (χ3v) is 9.50. The molecule has 272 valence electrons. The highest BCUT2D eigenvalue weighted by molar-refractivity contribution is 8.00. The molecular formula is C37H34N6O8S2. The van der Waals surface area contributed by atoms with E-state index in [1.54, 1.807) is 12.1 Å². The molecule has 53 heavy (non-hydrogen) atoms. The Morgan fingerprint density at radius 1 is 0.642 bits per heavy atom. The maximum atomic E-state index is 12.8. The SMILES string of the molecule is CCOc1ccc2nc(SCC(=O)Nc3ccc(Cc4ccc(NC(=O)CSc5nc6ccc(OCC)cc6[nH]5)c(C(=O)O)c4)cc3C(=O)O)[nH]c2c1. The van der Waals surface area contributed by atoms with Gasteiger partial charge in [-0.1, -0.05) is 35.7 Å². The van der Waals surface area contributed by atoms with Crippen LogP contribution in [-0.2, 0) is 16.0 Å². The molecule has 16 heteroatoms. The third kappa shape index (κ3) is 9.27. The summed E-state index contributed by atoms with van der Waals surface area (Å²) in [6.07, 6.45) is 0.197. The molecule has 0 spiro atoms. The van der Waals surface area contributed by atoms with Crippen molar-refractivity contribution in [3.8, 4) is 11.5 Å². The fraction of sp³-hybridized carbons (Fsp3) is 0.189. The molecule has 0 aliphatic rings. The standard InChI is InChI=1S/C37H34N6O8S2/c1-3-50-22-7-11-28-30(16-22)42-36(40-28)52-18-32(44)38-26-9-5-20(14-24(26)34(46)47)13-21-6-10-27(25(15-21)35(48)49)39-33(45)19-53-37-41-29-12-8-23(51-4-2)17-31(29)43-37/h5-12,14-17H,3-4,13,18-19H2,1-2H3,(H,38,44)(H,39,45)(H,40,42)(H,41,43)(H,46,47)(H,48,49). The molecule has 6 aromatic rings. The Labute approximate surface area is 311 Å². The fourth-order valence-electron chi connectivity index (χ4n) is 5.43. The second-order valence-corrected chi connectivity index (χ2v) is 13.5. The number of carbonyl (C=O) groups is 4. The number of amides is 2. The van der Waals surface area contributed by atoms with Crippen LogP contribution in [0.4, 0.5) is 11.4 Å². The van der Waals surface area contributed by atoms with E-state index in [1.165, 1.54) is 47.8 Å². The topological polar surface area (TPSA) is 209 Å². The smallest absolute Gasteiger partial charge is 0.337 e. The van der Waals surface area contributed by atoms with Crippen LogP contribution in [0.3, 0.4) is 0 Å². The summed E-state index contributed by atoms with van der Waals surface area (Å²) in [5, 5.41) is 26.2. The molecule has 0 bridgehead atoms.